The number of nitrogens with zero attached hydrogens (tertiary/aromatic N) is 2. The van der Waals surface area contributed by atoms with Crippen molar-refractivity contribution in [2.24, 2.45) is 5.92 Å². The summed E-state index contributed by atoms with van der Waals surface area (Å²) in [4.78, 5) is 15.2. The Morgan fingerprint density at radius 1 is 1.50 bits per heavy atom. The summed E-state index contributed by atoms with van der Waals surface area (Å²) in [6, 6.07) is 4.12. The molecule has 22 heavy (non-hydrogen) atoms. The fourth-order valence-corrected chi connectivity index (χ4v) is 3.15. The van der Waals surface area contributed by atoms with Crippen molar-refractivity contribution in [1.29, 1.82) is 0 Å². The molecule has 2 amide bonds. The van der Waals surface area contributed by atoms with Crippen molar-refractivity contribution in [2.45, 2.75) is 33.7 Å². The molecule has 0 unspecified atom stereocenters. The number of carbonyl (C=O) groups excluding carboxylic acids is 1. The van der Waals surface area contributed by atoms with Crippen LogP contribution < -0.4 is 5.32 Å². The van der Waals surface area contributed by atoms with Gasteiger partial charge in [-0.25, -0.2) is 4.79 Å². The van der Waals surface area contributed by atoms with Crippen LogP contribution in [0.4, 0.5) is 4.79 Å². The Hall–Kier alpha value is -1.82. The Balaban J connectivity index is 1.79. The van der Waals surface area contributed by atoms with Crippen molar-refractivity contribution in [3.63, 3.8) is 0 Å². The smallest absolute Gasteiger partial charge is 0.317 e. The number of aromatic nitrogens is 1. The van der Waals surface area contributed by atoms with E-state index in [0.717, 1.165) is 23.4 Å². The highest BCUT2D eigenvalue weighted by molar-refractivity contribution is 7.09. The molecule has 0 fully saturated rings. The van der Waals surface area contributed by atoms with Crippen molar-refractivity contribution in [2.75, 3.05) is 13.6 Å². The van der Waals surface area contributed by atoms with Gasteiger partial charge in [0.2, 0.25) is 0 Å². The van der Waals surface area contributed by atoms with Crippen LogP contribution in [0.25, 0.3) is 0 Å². The second kappa shape index (κ2) is 7.45. The predicted molar refractivity (Wildman–Crippen MR) is 88.0 cm³/mol. The lowest BCUT2D eigenvalue weighted by atomic mass is 10.1. The minimum atomic E-state index is -0.0713. The highest BCUT2D eigenvalue weighted by Gasteiger charge is 2.16. The van der Waals surface area contributed by atoms with Gasteiger partial charge in [-0.1, -0.05) is 18.1 Å². The summed E-state index contributed by atoms with van der Waals surface area (Å²) in [7, 11) is 1.78. The Kier molecular flexibility index (Phi) is 5.60. The molecule has 0 radical (unpaired) electrons. The Morgan fingerprint density at radius 2 is 2.27 bits per heavy atom. The molecule has 2 aromatic rings. The molecule has 0 spiro atoms. The zero-order valence-electron chi connectivity index (χ0n) is 13.5. The number of carbonyl (C=O) groups is 1. The van der Waals surface area contributed by atoms with Crippen molar-refractivity contribution < 1.29 is 9.32 Å². The van der Waals surface area contributed by atoms with E-state index in [0.29, 0.717) is 19.0 Å². The first kappa shape index (κ1) is 16.5. The van der Waals surface area contributed by atoms with Gasteiger partial charge < -0.3 is 14.7 Å². The van der Waals surface area contributed by atoms with Crippen molar-refractivity contribution in [3.05, 3.63) is 39.4 Å². The molecule has 0 saturated carbocycles. The topological polar surface area (TPSA) is 58.4 Å². The number of urea groups is 1. The first-order valence-electron chi connectivity index (χ1n) is 7.40. The lowest BCUT2D eigenvalue weighted by Gasteiger charge is -2.19. The van der Waals surface area contributed by atoms with Crippen molar-refractivity contribution in [3.8, 4) is 0 Å². The van der Waals surface area contributed by atoms with Gasteiger partial charge in [0.25, 0.3) is 0 Å². The maximum Gasteiger partial charge on any atom is 0.317 e. The minimum absolute atomic E-state index is 0.0713. The quantitative estimate of drug-likeness (QED) is 0.887. The van der Waals surface area contributed by atoms with Crippen LogP contribution in [0.1, 0.15) is 28.8 Å². The van der Waals surface area contributed by atoms with Gasteiger partial charge in [0.15, 0.2) is 0 Å². The summed E-state index contributed by atoms with van der Waals surface area (Å²) in [6.07, 6.45) is 0.992. The van der Waals surface area contributed by atoms with Crippen LogP contribution in [-0.4, -0.2) is 29.7 Å². The zero-order valence-corrected chi connectivity index (χ0v) is 14.4. The van der Waals surface area contributed by atoms with Gasteiger partial charge in [0.05, 0.1) is 12.2 Å². The summed E-state index contributed by atoms with van der Waals surface area (Å²) >= 11 is 1.76. The Bertz CT molecular complexity index is 587. The van der Waals surface area contributed by atoms with Gasteiger partial charge in [-0.05, 0) is 37.6 Å². The van der Waals surface area contributed by atoms with Crippen LogP contribution in [0.3, 0.4) is 0 Å². The third kappa shape index (κ3) is 4.34. The second-order valence-corrected chi connectivity index (χ2v) is 6.77. The maximum absolute atomic E-state index is 12.2. The van der Waals surface area contributed by atoms with Crippen LogP contribution in [0, 0.1) is 19.8 Å². The normalized spacial score (nSPS) is 12.2. The van der Waals surface area contributed by atoms with Gasteiger partial charge in [0, 0.05) is 24.0 Å². The lowest BCUT2D eigenvalue weighted by Crippen LogP contribution is -2.39. The second-order valence-electron chi connectivity index (χ2n) is 5.73. The van der Waals surface area contributed by atoms with E-state index >= 15 is 0 Å². The Labute approximate surface area is 135 Å². The average Bonchev–Trinajstić information content (AvgIpc) is 3.09. The monoisotopic (exact) mass is 321 g/mol. The molecule has 120 valence electrons. The van der Waals surface area contributed by atoms with E-state index < -0.39 is 0 Å². The molecule has 1 N–H and O–H groups in total. The number of amides is 2. The maximum atomic E-state index is 12.2. The van der Waals surface area contributed by atoms with E-state index in [2.05, 4.69) is 34.9 Å². The molecule has 2 rings (SSSR count). The molecule has 0 aliphatic carbocycles. The summed E-state index contributed by atoms with van der Waals surface area (Å²) in [6.45, 7) is 7.08. The first-order chi connectivity index (χ1) is 10.5. The van der Waals surface area contributed by atoms with E-state index in [1.54, 1.807) is 23.3 Å². The zero-order chi connectivity index (χ0) is 16.1. The van der Waals surface area contributed by atoms with E-state index in [9.17, 15) is 4.79 Å². The predicted octanol–water partition coefficient (Wildman–Crippen LogP) is 3.37. The number of thiophene rings is 1. The number of hydrogen-bond donors (Lipinski definition) is 1. The van der Waals surface area contributed by atoms with E-state index in [1.165, 1.54) is 4.88 Å². The average molecular weight is 321 g/mol. The standard InChI is InChI=1S/C16H23N3O2S/c1-11(8-14-6-5-7-22-14)9-17-16(20)19(4)10-15-12(2)18-21-13(15)3/h5-7,11H,8-10H2,1-4H3,(H,17,20)/t11-/m1/s1. The van der Waals surface area contributed by atoms with E-state index in [1.807, 2.05) is 13.8 Å². The largest absolute Gasteiger partial charge is 0.361 e. The van der Waals surface area contributed by atoms with E-state index in [4.69, 9.17) is 4.52 Å². The van der Waals surface area contributed by atoms with Gasteiger partial charge in [0.1, 0.15) is 5.76 Å². The molecule has 0 aliphatic heterocycles. The third-order valence-corrected chi connectivity index (χ3v) is 4.55. The molecule has 1 atom stereocenters. The molecular weight excluding hydrogens is 298 g/mol. The lowest BCUT2D eigenvalue weighted by molar-refractivity contribution is 0.205. The van der Waals surface area contributed by atoms with Gasteiger partial charge >= 0.3 is 6.03 Å². The van der Waals surface area contributed by atoms with E-state index in [-0.39, 0.29) is 6.03 Å². The van der Waals surface area contributed by atoms with Gasteiger partial charge in [-0.3, -0.25) is 0 Å². The van der Waals surface area contributed by atoms with Crippen LogP contribution >= 0.6 is 11.3 Å². The Morgan fingerprint density at radius 3 is 2.86 bits per heavy atom. The van der Waals surface area contributed by atoms with Crippen LogP contribution in [0.2, 0.25) is 0 Å². The summed E-state index contributed by atoms with van der Waals surface area (Å²) in [5, 5.41) is 8.98. The first-order valence-corrected chi connectivity index (χ1v) is 8.28. The van der Waals surface area contributed by atoms with Crippen molar-refractivity contribution >= 4 is 17.4 Å². The summed E-state index contributed by atoms with van der Waals surface area (Å²) in [5.74, 6) is 1.18. The molecule has 0 saturated heterocycles. The van der Waals surface area contributed by atoms with Gasteiger partial charge in [-0.15, -0.1) is 11.3 Å². The number of rotatable bonds is 6. The third-order valence-electron chi connectivity index (χ3n) is 3.65. The van der Waals surface area contributed by atoms with Crippen molar-refractivity contribution in [1.82, 2.24) is 15.4 Å². The molecular formula is C16H23N3O2S. The molecule has 0 bridgehead atoms. The molecule has 2 aromatic heterocycles. The SMILES string of the molecule is Cc1noc(C)c1CN(C)C(=O)NC[C@H](C)Cc1cccs1. The van der Waals surface area contributed by atoms with Crippen LogP contribution in [0.15, 0.2) is 22.0 Å². The highest BCUT2D eigenvalue weighted by Crippen LogP contribution is 2.15. The number of nitrogens with one attached hydrogen (secondary N) is 1. The highest BCUT2D eigenvalue weighted by atomic mass is 32.1. The molecule has 0 aliphatic rings. The molecule has 2 heterocycles. The van der Waals surface area contributed by atoms with Crippen LogP contribution in [-0.2, 0) is 13.0 Å². The fourth-order valence-electron chi connectivity index (χ4n) is 2.28. The van der Waals surface area contributed by atoms with Crippen LogP contribution in [0.5, 0.6) is 0 Å². The number of aryl methyl sites for hydroxylation is 2. The fraction of sp³-hybridized carbons (Fsp3) is 0.500. The van der Waals surface area contributed by atoms with Gasteiger partial charge in [-0.2, -0.15) is 0 Å². The molecule has 5 nitrogen and oxygen atoms in total. The molecule has 0 aromatic carbocycles. The molecule has 6 heteroatoms. The summed E-state index contributed by atoms with van der Waals surface area (Å²) < 4.78 is 5.13. The number of hydrogen-bond acceptors (Lipinski definition) is 4. The minimum Gasteiger partial charge on any atom is -0.361 e. The summed E-state index contributed by atoms with van der Waals surface area (Å²) in [5.41, 5.74) is 1.81.